The van der Waals surface area contributed by atoms with Crippen LogP contribution in [0.4, 0.5) is 52.7 Å². The molecule has 0 bridgehead atoms. The van der Waals surface area contributed by atoms with Crippen LogP contribution in [-0.2, 0) is 14.1 Å². The van der Waals surface area contributed by atoms with E-state index in [0.717, 1.165) is 74.0 Å². The molecule has 0 aliphatic heterocycles. The monoisotopic (exact) mass is 1240 g/mol. The Labute approximate surface area is 502 Å². The second-order valence-electron chi connectivity index (χ2n) is 23.3. The SMILES string of the molecule is CCCCC(CC)COc1cc(/C=C/c2ccc3c(c2)c(C2=C(c4sc(C)cc4C)C(F)(F)C(F)(F)C2(F)F)c(C)n3C)c(OCC(CC)CCCC)cc1/C=C/c1ccc2c(c1)c(C1=C(c3sc(C)cc3C)C(F)(F)C(F)(F)C1(F)F)c(C)n2C. The van der Waals surface area contributed by atoms with Gasteiger partial charge in [0.1, 0.15) is 11.5 Å². The molecule has 4 aromatic heterocycles. The number of alkyl halides is 12. The number of thiophene rings is 2. The predicted octanol–water partition coefficient (Wildman–Crippen LogP) is 21.8. The van der Waals surface area contributed by atoms with E-state index in [0.29, 0.717) is 67.8 Å². The van der Waals surface area contributed by atoms with E-state index in [1.807, 2.05) is 0 Å². The van der Waals surface area contributed by atoms with Gasteiger partial charge >= 0.3 is 35.5 Å². The zero-order valence-corrected chi connectivity index (χ0v) is 52.0. The first-order valence-corrected chi connectivity index (χ1v) is 30.9. The van der Waals surface area contributed by atoms with Crippen LogP contribution in [0.15, 0.2) is 60.7 Å². The third-order valence-corrected chi connectivity index (χ3v) is 19.8. The summed E-state index contributed by atoms with van der Waals surface area (Å²) in [5, 5.41) is 0.126. The number of hydrogen-bond donors (Lipinski definition) is 0. The topological polar surface area (TPSA) is 28.3 Å². The fraction of sp³-hybridized carbons (Fsp3) is 0.441. The van der Waals surface area contributed by atoms with E-state index < -0.39 is 69.0 Å². The maximum Gasteiger partial charge on any atom is 0.380 e. The van der Waals surface area contributed by atoms with Crippen molar-refractivity contribution in [3.63, 3.8) is 0 Å². The number of allylic oxidation sites excluding steroid dienone is 4. The van der Waals surface area contributed by atoms with Crippen molar-refractivity contribution in [1.29, 1.82) is 0 Å². The van der Waals surface area contributed by atoms with Crippen LogP contribution in [0.2, 0.25) is 0 Å². The Morgan fingerprint density at radius 1 is 0.465 bits per heavy atom. The zero-order valence-electron chi connectivity index (χ0n) is 50.4. The minimum atomic E-state index is -5.75. The van der Waals surface area contributed by atoms with Gasteiger partial charge in [-0.05, 0) is 137 Å². The summed E-state index contributed by atoms with van der Waals surface area (Å²) in [5.41, 5.74) is -3.35. The van der Waals surface area contributed by atoms with Crippen molar-refractivity contribution in [3.05, 3.63) is 136 Å². The number of aryl methyl sites for hydroxylation is 6. The predicted molar refractivity (Wildman–Crippen MR) is 328 cm³/mol. The molecule has 0 radical (unpaired) electrons. The fourth-order valence-electron chi connectivity index (χ4n) is 12.2. The minimum Gasteiger partial charge on any atom is -0.493 e. The number of unbranched alkanes of at least 4 members (excludes halogenated alkanes) is 2. The molecule has 2 aliphatic rings. The summed E-state index contributed by atoms with van der Waals surface area (Å²) in [6.45, 7) is 17.9. The Kier molecular flexibility index (Phi) is 17.8. The van der Waals surface area contributed by atoms with Crippen molar-refractivity contribution < 1.29 is 62.2 Å². The quantitative estimate of drug-likeness (QED) is 0.0500. The standard InChI is InChI=1S/C68H72F12N2O2S2/c1-13-17-19-43(15-3)35-83-53-33-48(26-22-46-24-28-52-50(32-46)56(42(10)82(52)12)58-60(62-38(6)30-40(8)86-62)66(75,76)68(79,80)64(58,71)72)54(84-36-44(16-4)20-18-14-2)34-47(53)25-21-45-23-27-51-49(31-45)55(41(9)81(51)11)57-59(61-37(5)29-39(7)85-61)65(73,74)67(77,78)63(57,69)70/h21-34,43-44H,13-20,35-36H2,1-12H3/b25-21+,26-22+. The molecule has 0 fully saturated rings. The van der Waals surface area contributed by atoms with Crippen molar-refractivity contribution in [1.82, 2.24) is 9.13 Å². The zero-order chi connectivity index (χ0) is 63.0. The van der Waals surface area contributed by atoms with Gasteiger partial charge in [0.05, 0.1) is 24.4 Å². The van der Waals surface area contributed by atoms with Crippen molar-refractivity contribution in [2.75, 3.05) is 13.2 Å². The number of aromatic nitrogens is 2. The molecule has 0 amide bonds. The summed E-state index contributed by atoms with van der Waals surface area (Å²) < 4.78 is 209. The first kappa shape index (κ1) is 64.3. The summed E-state index contributed by atoms with van der Waals surface area (Å²) in [7, 11) is 3.11. The van der Waals surface area contributed by atoms with Crippen LogP contribution in [0, 0.1) is 53.4 Å². The minimum absolute atomic E-state index is 0.0628. The van der Waals surface area contributed by atoms with Gasteiger partial charge in [0.2, 0.25) is 0 Å². The van der Waals surface area contributed by atoms with Crippen LogP contribution in [-0.4, -0.2) is 57.9 Å². The molecule has 462 valence electrons. The molecule has 2 aliphatic carbocycles. The maximum absolute atomic E-state index is 16.4. The van der Waals surface area contributed by atoms with Gasteiger partial charge in [0.15, 0.2) is 0 Å². The normalized spacial score (nSPS) is 18.5. The first-order valence-electron chi connectivity index (χ1n) is 29.2. The molecule has 86 heavy (non-hydrogen) atoms. The van der Waals surface area contributed by atoms with Crippen LogP contribution < -0.4 is 9.47 Å². The molecule has 2 unspecified atom stereocenters. The number of ether oxygens (including phenoxy) is 2. The molecule has 4 nitrogen and oxygen atoms in total. The summed E-state index contributed by atoms with van der Waals surface area (Å²) in [6.07, 6.45) is 14.1. The number of fused-ring (bicyclic) bond motifs is 2. The van der Waals surface area contributed by atoms with Gasteiger partial charge < -0.3 is 18.6 Å². The molecular formula is C68H72F12N2O2S2. The van der Waals surface area contributed by atoms with E-state index in [9.17, 15) is 0 Å². The second-order valence-corrected chi connectivity index (χ2v) is 25.8. The lowest BCUT2D eigenvalue weighted by molar-refractivity contribution is -0.254. The number of rotatable bonds is 22. The molecule has 0 spiro atoms. The van der Waals surface area contributed by atoms with Gasteiger partial charge in [-0.15, -0.1) is 22.7 Å². The van der Waals surface area contributed by atoms with Gasteiger partial charge in [0.25, 0.3) is 0 Å². The summed E-state index contributed by atoms with van der Waals surface area (Å²) in [5.74, 6) is -31.3. The number of halogens is 12. The van der Waals surface area contributed by atoms with Crippen LogP contribution >= 0.6 is 22.7 Å². The Morgan fingerprint density at radius 3 is 1.13 bits per heavy atom. The number of benzene rings is 3. The average Bonchev–Trinajstić information content (AvgIpc) is 1.54. The highest BCUT2D eigenvalue weighted by atomic mass is 32.1. The maximum atomic E-state index is 16.4. The van der Waals surface area contributed by atoms with E-state index in [-0.39, 0.29) is 54.9 Å². The van der Waals surface area contributed by atoms with E-state index in [4.69, 9.17) is 9.47 Å². The molecule has 3 aromatic carbocycles. The third-order valence-electron chi connectivity index (χ3n) is 17.5. The molecule has 7 aromatic rings. The van der Waals surface area contributed by atoms with E-state index >= 15 is 52.7 Å². The Balaban J connectivity index is 1.20. The Hall–Kier alpha value is -6.14. The van der Waals surface area contributed by atoms with Crippen LogP contribution in [0.1, 0.15) is 154 Å². The number of nitrogens with zero attached hydrogens (tertiary/aromatic N) is 2. The van der Waals surface area contributed by atoms with E-state index in [2.05, 4.69) is 27.7 Å². The third kappa shape index (κ3) is 10.6. The fourth-order valence-corrected chi connectivity index (χ4v) is 14.4. The van der Waals surface area contributed by atoms with Crippen LogP contribution in [0.5, 0.6) is 11.5 Å². The van der Waals surface area contributed by atoms with Crippen molar-refractivity contribution in [2.45, 2.75) is 156 Å². The lowest BCUT2D eigenvalue weighted by atomic mass is 9.94. The Bertz CT molecular complexity index is 3620. The molecule has 4 heterocycles. The smallest absolute Gasteiger partial charge is 0.380 e. The molecule has 0 saturated heterocycles. The van der Waals surface area contributed by atoms with Crippen LogP contribution in [0.25, 0.3) is 68.4 Å². The summed E-state index contributed by atoms with van der Waals surface area (Å²) in [4.78, 5) is 0.303. The largest absolute Gasteiger partial charge is 0.493 e. The first-order chi connectivity index (χ1) is 40.3. The van der Waals surface area contributed by atoms with E-state index in [1.165, 1.54) is 61.1 Å². The molecule has 0 N–H and O–H groups in total. The van der Waals surface area contributed by atoms with Crippen molar-refractivity contribution >= 4 is 91.1 Å². The summed E-state index contributed by atoms with van der Waals surface area (Å²) in [6, 6.07) is 16.3. The van der Waals surface area contributed by atoms with Gasteiger partial charge in [-0.1, -0.05) is 103 Å². The molecular weight excluding hydrogens is 1170 g/mol. The van der Waals surface area contributed by atoms with Crippen molar-refractivity contribution in [3.8, 4) is 11.5 Å². The molecule has 0 saturated carbocycles. The highest BCUT2D eigenvalue weighted by Gasteiger charge is 2.82. The van der Waals surface area contributed by atoms with Crippen molar-refractivity contribution in [2.24, 2.45) is 25.9 Å². The summed E-state index contributed by atoms with van der Waals surface area (Å²) >= 11 is 1.51. The van der Waals surface area contributed by atoms with Gasteiger partial charge in [-0.25, -0.2) is 0 Å². The van der Waals surface area contributed by atoms with Gasteiger partial charge in [-0.3, -0.25) is 0 Å². The molecule has 18 heteroatoms. The van der Waals surface area contributed by atoms with Gasteiger partial charge in [0, 0.05) is 100 Å². The Morgan fingerprint density at radius 2 is 0.814 bits per heavy atom. The highest BCUT2D eigenvalue weighted by molar-refractivity contribution is 7.13. The second kappa shape index (κ2) is 23.8. The number of hydrogen-bond acceptors (Lipinski definition) is 4. The lowest BCUT2D eigenvalue weighted by Crippen LogP contribution is -2.48. The highest BCUT2D eigenvalue weighted by Crippen LogP contribution is 2.68. The lowest BCUT2D eigenvalue weighted by Gasteiger charge is -2.25. The molecule has 9 rings (SSSR count). The van der Waals surface area contributed by atoms with Gasteiger partial charge in [-0.2, -0.15) is 52.7 Å². The molecule has 2 atom stereocenters. The van der Waals surface area contributed by atoms with E-state index in [1.54, 1.807) is 88.6 Å². The average molecular weight is 1240 g/mol. The van der Waals surface area contributed by atoms with Crippen LogP contribution in [0.3, 0.4) is 0 Å².